The van der Waals surface area contributed by atoms with Gasteiger partial charge in [-0.05, 0) is 31.2 Å². The molecule has 0 aliphatic heterocycles. The molecule has 2 atom stereocenters. The molecule has 2 rings (SSSR count). The van der Waals surface area contributed by atoms with Gasteiger partial charge in [-0.15, -0.1) is 0 Å². The molecule has 0 amide bonds. The lowest BCUT2D eigenvalue weighted by Crippen LogP contribution is -2.20. The van der Waals surface area contributed by atoms with Crippen LogP contribution in [-0.4, -0.2) is 27.9 Å². The number of rotatable bonds is 6. The number of aliphatic hydroxyl groups excluding tert-OH is 2. The summed E-state index contributed by atoms with van der Waals surface area (Å²) in [6, 6.07) is 1.75. The molecular formula is C13H19NO3. The molecule has 1 aromatic rings. The minimum absolute atomic E-state index is 0.241. The Labute approximate surface area is 101 Å². The minimum Gasteiger partial charge on any atom is -0.492 e. The van der Waals surface area contributed by atoms with Crippen molar-refractivity contribution in [1.82, 2.24) is 4.98 Å². The highest BCUT2D eigenvalue weighted by Crippen LogP contribution is 2.38. The molecule has 0 aromatic carbocycles. The fourth-order valence-corrected chi connectivity index (χ4v) is 1.79. The standard InChI is InChI=1S/C13H19NO3/c1-2-5-17-11-6-10(7-14-8-11)13(16)12(15)9-3-4-9/h6-9,12-13,15-16H,2-5H2,1H3. The van der Waals surface area contributed by atoms with E-state index < -0.39 is 12.2 Å². The summed E-state index contributed by atoms with van der Waals surface area (Å²) >= 11 is 0. The molecule has 0 spiro atoms. The monoisotopic (exact) mass is 237 g/mol. The van der Waals surface area contributed by atoms with E-state index in [0.717, 1.165) is 19.3 Å². The number of aliphatic hydroxyl groups is 2. The van der Waals surface area contributed by atoms with Gasteiger partial charge in [0.2, 0.25) is 0 Å². The van der Waals surface area contributed by atoms with E-state index in [1.807, 2.05) is 6.92 Å². The zero-order chi connectivity index (χ0) is 12.3. The third-order valence-electron chi connectivity index (χ3n) is 2.98. The van der Waals surface area contributed by atoms with Crippen molar-refractivity contribution in [3.63, 3.8) is 0 Å². The average Bonchev–Trinajstić information content (AvgIpc) is 3.19. The molecule has 4 heteroatoms. The Morgan fingerprint density at radius 2 is 2.18 bits per heavy atom. The number of pyridine rings is 1. The predicted molar refractivity (Wildman–Crippen MR) is 63.7 cm³/mol. The molecule has 1 aliphatic rings. The lowest BCUT2D eigenvalue weighted by atomic mass is 10.0. The van der Waals surface area contributed by atoms with Crippen LogP contribution >= 0.6 is 0 Å². The van der Waals surface area contributed by atoms with Crippen LogP contribution in [-0.2, 0) is 0 Å². The molecule has 2 unspecified atom stereocenters. The Morgan fingerprint density at radius 3 is 2.82 bits per heavy atom. The third-order valence-corrected chi connectivity index (χ3v) is 2.98. The Morgan fingerprint density at radius 1 is 1.41 bits per heavy atom. The predicted octanol–water partition coefficient (Wildman–Crippen LogP) is 1.67. The second-order valence-corrected chi connectivity index (χ2v) is 4.58. The SMILES string of the molecule is CCCOc1cncc(C(O)C(O)C2CC2)c1. The highest BCUT2D eigenvalue weighted by molar-refractivity contribution is 5.26. The smallest absolute Gasteiger partial charge is 0.137 e. The van der Waals surface area contributed by atoms with Gasteiger partial charge in [0, 0.05) is 11.8 Å². The summed E-state index contributed by atoms with van der Waals surface area (Å²) in [5.74, 6) is 0.886. The van der Waals surface area contributed by atoms with Crippen LogP contribution in [0.2, 0.25) is 0 Å². The summed E-state index contributed by atoms with van der Waals surface area (Å²) in [6.07, 6.45) is 4.58. The van der Waals surface area contributed by atoms with E-state index in [9.17, 15) is 10.2 Å². The van der Waals surface area contributed by atoms with Crippen molar-refractivity contribution < 1.29 is 14.9 Å². The number of nitrogens with zero attached hydrogens (tertiary/aromatic N) is 1. The number of ether oxygens (including phenoxy) is 1. The van der Waals surface area contributed by atoms with Gasteiger partial charge in [0.25, 0.3) is 0 Å². The van der Waals surface area contributed by atoms with E-state index in [1.165, 1.54) is 0 Å². The van der Waals surface area contributed by atoms with E-state index in [0.29, 0.717) is 17.9 Å². The zero-order valence-electron chi connectivity index (χ0n) is 10.0. The van der Waals surface area contributed by atoms with Crippen LogP contribution in [0.25, 0.3) is 0 Å². The van der Waals surface area contributed by atoms with Crippen LogP contribution in [0.5, 0.6) is 5.75 Å². The first-order valence-electron chi connectivity index (χ1n) is 6.16. The minimum atomic E-state index is -0.861. The van der Waals surface area contributed by atoms with Gasteiger partial charge in [0.1, 0.15) is 11.9 Å². The summed E-state index contributed by atoms with van der Waals surface area (Å²) in [6.45, 7) is 2.66. The van der Waals surface area contributed by atoms with E-state index in [4.69, 9.17) is 4.74 Å². The van der Waals surface area contributed by atoms with E-state index in [2.05, 4.69) is 4.98 Å². The number of hydrogen-bond acceptors (Lipinski definition) is 4. The van der Waals surface area contributed by atoms with Crippen molar-refractivity contribution in [2.45, 2.75) is 38.4 Å². The van der Waals surface area contributed by atoms with Gasteiger partial charge in [0.15, 0.2) is 0 Å². The summed E-state index contributed by atoms with van der Waals surface area (Å²) in [5.41, 5.74) is 0.623. The number of hydrogen-bond donors (Lipinski definition) is 2. The van der Waals surface area contributed by atoms with E-state index >= 15 is 0 Å². The molecule has 4 nitrogen and oxygen atoms in total. The average molecular weight is 237 g/mol. The highest BCUT2D eigenvalue weighted by Gasteiger charge is 2.35. The van der Waals surface area contributed by atoms with Crippen LogP contribution in [0.4, 0.5) is 0 Å². The Kier molecular flexibility index (Phi) is 3.97. The quantitative estimate of drug-likeness (QED) is 0.790. The van der Waals surface area contributed by atoms with Crippen molar-refractivity contribution >= 4 is 0 Å². The van der Waals surface area contributed by atoms with Crippen LogP contribution in [0.1, 0.15) is 37.9 Å². The van der Waals surface area contributed by atoms with Crippen molar-refractivity contribution in [1.29, 1.82) is 0 Å². The summed E-state index contributed by atoms with van der Waals surface area (Å²) < 4.78 is 5.45. The molecule has 2 N–H and O–H groups in total. The lowest BCUT2D eigenvalue weighted by molar-refractivity contribution is 0.00453. The summed E-state index contributed by atoms with van der Waals surface area (Å²) in [4.78, 5) is 4.02. The maximum absolute atomic E-state index is 10.0. The van der Waals surface area contributed by atoms with Crippen molar-refractivity contribution in [3.8, 4) is 5.75 Å². The molecule has 1 saturated carbocycles. The van der Waals surface area contributed by atoms with Gasteiger partial charge in [-0.2, -0.15) is 0 Å². The first kappa shape index (κ1) is 12.3. The van der Waals surface area contributed by atoms with E-state index in [-0.39, 0.29) is 5.92 Å². The third kappa shape index (κ3) is 3.17. The molecule has 1 heterocycles. The molecule has 1 fully saturated rings. The van der Waals surface area contributed by atoms with Crippen LogP contribution in [0.15, 0.2) is 18.5 Å². The van der Waals surface area contributed by atoms with E-state index in [1.54, 1.807) is 18.5 Å². The summed E-state index contributed by atoms with van der Waals surface area (Å²) in [7, 11) is 0. The summed E-state index contributed by atoms with van der Waals surface area (Å²) in [5, 5.41) is 19.9. The molecule has 0 saturated heterocycles. The van der Waals surface area contributed by atoms with Gasteiger partial charge < -0.3 is 14.9 Å². The maximum Gasteiger partial charge on any atom is 0.137 e. The molecule has 1 aliphatic carbocycles. The Balaban J connectivity index is 2.03. The fourth-order valence-electron chi connectivity index (χ4n) is 1.79. The fraction of sp³-hybridized carbons (Fsp3) is 0.615. The van der Waals surface area contributed by atoms with Crippen LogP contribution < -0.4 is 4.74 Å². The van der Waals surface area contributed by atoms with Gasteiger partial charge in [-0.1, -0.05) is 6.92 Å². The topological polar surface area (TPSA) is 62.6 Å². The molecule has 94 valence electrons. The largest absolute Gasteiger partial charge is 0.492 e. The van der Waals surface area contributed by atoms with Gasteiger partial charge >= 0.3 is 0 Å². The molecule has 0 bridgehead atoms. The molecule has 0 radical (unpaired) electrons. The van der Waals surface area contributed by atoms with Crippen LogP contribution in [0, 0.1) is 5.92 Å². The normalized spacial score (nSPS) is 18.8. The highest BCUT2D eigenvalue weighted by atomic mass is 16.5. The lowest BCUT2D eigenvalue weighted by Gasteiger charge is -2.17. The molecule has 17 heavy (non-hydrogen) atoms. The second-order valence-electron chi connectivity index (χ2n) is 4.58. The maximum atomic E-state index is 10.0. The van der Waals surface area contributed by atoms with Crippen molar-refractivity contribution in [2.24, 2.45) is 5.92 Å². The number of aromatic nitrogens is 1. The van der Waals surface area contributed by atoms with Gasteiger partial charge in [-0.3, -0.25) is 4.98 Å². The van der Waals surface area contributed by atoms with Crippen molar-refractivity contribution in [3.05, 3.63) is 24.0 Å². The first-order valence-corrected chi connectivity index (χ1v) is 6.16. The van der Waals surface area contributed by atoms with Crippen molar-refractivity contribution in [2.75, 3.05) is 6.61 Å². The Hall–Kier alpha value is -1.13. The van der Waals surface area contributed by atoms with Gasteiger partial charge in [-0.25, -0.2) is 0 Å². The second kappa shape index (κ2) is 5.47. The molecule has 1 aromatic heterocycles. The molecular weight excluding hydrogens is 218 g/mol. The first-order chi connectivity index (χ1) is 8.22. The van der Waals surface area contributed by atoms with Gasteiger partial charge in [0.05, 0.1) is 18.9 Å². The van der Waals surface area contributed by atoms with Crippen LogP contribution in [0.3, 0.4) is 0 Å². The Bertz CT molecular complexity index is 365. The zero-order valence-corrected chi connectivity index (χ0v) is 10.0.